The van der Waals surface area contributed by atoms with Crippen LogP contribution in [0.4, 0.5) is 0 Å². The smallest absolute Gasteiger partial charge is 0.191 e. The molecule has 0 rings (SSSR count). The molecule has 102 valence electrons. The van der Waals surface area contributed by atoms with Crippen LogP contribution in [0.3, 0.4) is 0 Å². The van der Waals surface area contributed by atoms with Crippen molar-refractivity contribution in [3.63, 3.8) is 0 Å². The van der Waals surface area contributed by atoms with Crippen LogP contribution in [-0.2, 0) is 0 Å². The van der Waals surface area contributed by atoms with Crippen molar-refractivity contribution in [3.05, 3.63) is 0 Å². The van der Waals surface area contributed by atoms with Gasteiger partial charge in [-0.25, -0.2) is 0 Å². The second kappa shape index (κ2) is 10.4. The molecule has 0 aliphatic heterocycles. The highest BCUT2D eigenvalue weighted by Gasteiger charge is 2.06. The van der Waals surface area contributed by atoms with Gasteiger partial charge in [0.25, 0.3) is 0 Å². The molecule has 0 spiro atoms. The van der Waals surface area contributed by atoms with Crippen molar-refractivity contribution in [1.82, 2.24) is 9.80 Å². The van der Waals surface area contributed by atoms with Gasteiger partial charge in [0.15, 0.2) is 5.96 Å². The molecule has 0 heterocycles. The average molecular weight is 242 g/mol. The van der Waals surface area contributed by atoms with Gasteiger partial charge in [0, 0.05) is 19.6 Å². The van der Waals surface area contributed by atoms with E-state index in [1.54, 1.807) is 0 Å². The van der Waals surface area contributed by atoms with Gasteiger partial charge in [0.2, 0.25) is 0 Å². The van der Waals surface area contributed by atoms with Crippen LogP contribution in [0.1, 0.15) is 40.5 Å². The molecule has 0 aromatic heterocycles. The molecule has 0 aliphatic carbocycles. The molecule has 17 heavy (non-hydrogen) atoms. The lowest BCUT2D eigenvalue weighted by atomic mass is 10.3. The van der Waals surface area contributed by atoms with Crippen LogP contribution in [0.5, 0.6) is 0 Å². The highest BCUT2D eigenvalue weighted by atomic mass is 15.2. The lowest BCUT2D eigenvalue weighted by Gasteiger charge is -2.24. The fourth-order valence-electron chi connectivity index (χ4n) is 1.79. The van der Waals surface area contributed by atoms with E-state index < -0.39 is 0 Å². The molecule has 0 saturated carbocycles. The van der Waals surface area contributed by atoms with Gasteiger partial charge in [-0.15, -0.1) is 0 Å². The first-order chi connectivity index (χ1) is 8.19. The van der Waals surface area contributed by atoms with Gasteiger partial charge >= 0.3 is 0 Å². The van der Waals surface area contributed by atoms with E-state index in [9.17, 15) is 0 Å². The highest BCUT2D eigenvalue weighted by molar-refractivity contribution is 5.77. The normalized spacial score (nSPS) is 12.2. The summed E-state index contributed by atoms with van der Waals surface area (Å²) in [7, 11) is 0. The fourth-order valence-corrected chi connectivity index (χ4v) is 1.79. The lowest BCUT2D eigenvalue weighted by Crippen LogP contribution is -2.39. The summed E-state index contributed by atoms with van der Waals surface area (Å²) < 4.78 is 0. The van der Waals surface area contributed by atoms with Crippen molar-refractivity contribution in [1.29, 1.82) is 0 Å². The van der Waals surface area contributed by atoms with E-state index in [2.05, 4.69) is 42.5 Å². The van der Waals surface area contributed by atoms with Crippen LogP contribution in [0.2, 0.25) is 0 Å². The number of nitrogens with two attached hydrogens (primary N) is 1. The van der Waals surface area contributed by atoms with Crippen molar-refractivity contribution in [2.24, 2.45) is 10.7 Å². The second-order valence-electron chi connectivity index (χ2n) is 4.20. The van der Waals surface area contributed by atoms with Crippen LogP contribution >= 0.6 is 0 Å². The van der Waals surface area contributed by atoms with Crippen molar-refractivity contribution < 1.29 is 0 Å². The van der Waals surface area contributed by atoms with Crippen LogP contribution in [0.15, 0.2) is 4.99 Å². The molecule has 2 N–H and O–H groups in total. The van der Waals surface area contributed by atoms with Crippen molar-refractivity contribution in [2.45, 2.75) is 40.5 Å². The summed E-state index contributed by atoms with van der Waals surface area (Å²) in [6.07, 6.45) is 2.20. The molecule has 0 unspecified atom stereocenters. The Morgan fingerprint density at radius 3 is 2.12 bits per heavy atom. The summed E-state index contributed by atoms with van der Waals surface area (Å²) in [5, 5.41) is 0. The van der Waals surface area contributed by atoms with E-state index in [-0.39, 0.29) is 0 Å². The fraction of sp³-hybridized carbons (Fsp3) is 0.923. The van der Waals surface area contributed by atoms with Gasteiger partial charge < -0.3 is 15.5 Å². The monoisotopic (exact) mass is 242 g/mol. The molecule has 0 bridgehead atoms. The van der Waals surface area contributed by atoms with Crippen molar-refractivity contribution >= 4 is 5.96 Å². The quantitative estimate of drug-likeness (QED) is 0.495. The molecule has 4 heteroatoms. The molecule has 4 nitrogen and oxygen atoms in total. The van der Waals surface area contributed by atoms with E-state index in [1.807, 2.05) is 0 Å². The van der Waals surface area contributed by atoms with Crippen LogP contribution in [0.25, 0.3) is 0 Å². The molecule has 0 aromatic carbocycles. The molecular weight excluding hydrogens is 212 g/mol. The maximum Gasteiger partial charge on any atom is 0.191 e. The molecule has 0 amide bonds. The summed E-state index contributed by atoms with van der Waals surface area (Å²) >= 11 is 0. The zero-order valence-corrected chi connectivity index (χ0v) is 12.1. The minimum absolute atomic E-state index is 0.703. The average Bonchev–Trinajstić information content (AvgIpc) is 2.36. The number of hydrogen-bond donors (Lipinski definition) is 1. The number of hydrogen-bond acceptors (Lipinski definition) is 2. The van der Waals surface area contributed by atoms with E-state index in [0.29, 0.717) is 5.96 Å². The highest BCUT2D eigenvalue weighted by Crippen LogP contribution is 1.96. The van der Waals surface area contributed by atoms with Gasteiger partial charge in [-0.05, 0) is 39.4 Å². The molecule has 0 fully saturated rings. The summed E-state index contributed by atoms with van der Waals surface area (Å²) in [6.45, 7) is 14.8. The van der Waals surface area contributed by atoms with E-state index in [1.165, 1.54) is 0 Å². The Morgan fingerprint density at radius 2 is 1.65 bits per heavy atom. The van der Waals surface area contributed by atoms with Gasteiger partial charge in [0.1, 0.15) is 0 Å². The standard InChI is InChI=1S/C13H30N4/c1-5-10-15-13(14)17(8-4)12-9-11-16(6-2)7-3/h5-12H2,1-4H3,(H2,14,15). The predicted octanol–water partition coefficient (Wildman–Crippen LogP) is 1.76. The lowest BCUT2D eigenvalue weighted by molar-refractivity contribution is 0.283. The second-order valence-corrected chi connectivity index (χ2v) is 4.20. The molecule has 0 aromatic rings. The zero-order valence-electron chi connectivity index (χ0n) is 12.1. The number of aliphatic imine (C=N–C) groups is 1. The predicted molar refractivity (Wildman–Crippen MR) is 76.4 cm³/mol. The van der Waals surface area contributed by atoms with Crippen molar-refractivity contribution in [2.75, 3.05) is 39.3 Å². The summed E-state index contributed by atoms with van der Waals surface area (Å²) in [5.74, 6) is 0.703. The first-order valence-corrected chi connectivity index (χ1v) is 6.96. The third kappa shape index (κ3) is 7.21. The molecule has 0 radical (unpaired) electrons. The number of rotatable bonds is 9. The Bertz CT molecular complexity index is 200. The topological polar surface area (TPSA) is 44.9 Å². The largest absolute Gasteiger partial charge is 0.370 e. The van der Waals surface area contributed by atoms with Gasteiger partial charge in [-0.1, -0.05) is 20.8 Å². The van der Waals surface area contributed by atoms with Gasteiger partial charge in [0.05, 0.1) is 0 Å². The minimum atomic E-state index is 0.703. The van der Waals surface area contributed by atoms with Crippen LogP contribution in [0, 0.1) is 0 Å². The third-order valence-corrected chi connectivity index (χ3v) is 3.00. The first kappa shape index (κ1) is 16.2. The van der Waals surface area contributed by atoms with Crippen molar-refractivity contribution in [3.8, 4) is 0 Å². The summed E-state index contributed by atoms with van der Waals surface area (Å²) in [5.41, 5.74) is 5.96. The number of guanidine groups is 1. The summed E-state index contributed by atoms with van der Waals surface area (Å²) in [6, 6.07) is 0. The molecular formula is C13H30N4. The van der Waals surface area contributed by atoms with Gasteiger partial charge in [-0.2, -0.15) is 0 Å². The minimum Gasteiger partial charge on any atom is -0.370 e. The van der Waals surface area contributed by atoms with Gasteiger partial charge in [-0.3, -0.25) is 4.99 Å². The Morgan fingerprint density at radius 1 is 1.00 bits per heavy atom. The maximum atomic E-state index is 5.96. The van der Waals surface area contributed by atoms with E-state index in [0.717, 1.165) is 52.1 Å². The Kier molecular flexibility index (Phi) is 9.92. The molecule has 0 saturated heterocycles. The Hall–Kier alpha value is -0.770. The zero-order chi connectivity index (χ0) is 13.1. The Balaban J connectivity index is 3.96. The third-order valence-electron chi connectivity index (χ3n) is 3.00. The molecule has 0 atom stereocenters. The summed E-state index contributed by atoms with van der Waals surface area (Å²) in [4.78, 5) is 8.96. The van der Waals surface area contributed by atoms with Crippen LogP contribution in [-0.4, -0.2) is 55.0 Å². The van der Waals surface area contributed by atoms with E-state index >= 15 is 0 Å². The molecule has 0 aliphatic rings. The first-order valence-electron chi connectivity index (χ1n) is 6.96. The Labute approximate surface area is 107 Å². The van der Waals surface area contributed by atoms with E-state index in [4.69, 9.17) is 5.73 Å². The SMILES string of the molecule is CCCN=C(N)N(CC)CCCN(CC)CC. The number of nitrogens with zero attached hydrogens (tertiary/aromatic N) is 3. The van der Waals surface area contributed by atoms with Crippen LogP contribution < -0.4 is 5.73 Å². The maximum absolute atomic E-state index is 5.96.